The molecule has 0 aliphatic rings. The largest absolute Gasteiger partial charge is 0.457 e. The number of para-hydroxylation sites is 1. The van der Waals surface area contributed by atoms with Gasteiger partial charge in [0.05, 0.1) is 6.54 Å². The van der Waals surface area contributed by atoms with Crippen LogP contribution in [0.1, 0.15) is 15.9 Å². The van der Waals surface area contributed by atoms with Gasteiger partial charge in [0, 0.05) is 23.9 Å². The standard InChI is InChI=1S/C23H20F3NO3/c24-23(25,26)22(29)15-27(14-17-6-4-7-18(12-17)16-28)19-8-5-11-21(13-19)30-20-9-2-1-3-10-20/h1-13,16,22,29H,14-15H2. The van der Waals surface area contributed by atoms with Crippen LogP contribution in [0.25, 0.3) is 0 Å². The van der Waals surface area contributed by atoms with E-state index in [1.54, 1.807) is 60.7 Å². The van der Waals surface area contributed by atoms with Crippen molar-refractivity contribution in [2.45, 2.75) is 18.8 Å². The van der Waals surface area contributed by atoms with Crippen molar-refractivity contribution in [3.63, 3.8) is 0 Å². The van der Waals surface area contributed by atoms with E-state index in [1.165, 1.54) is 4.90 Å². The summed E-state index contributed by atoms with van der Waals surface area (Å²) in [4.78, 5) is 12.4. The predicted molar refractivity (Wildman–Crippen MR) is 108 cm³/mol. The van der Waals surface area contributed by atoms with Gasteiger partial charge in [-0.25, -0.2) is 0 Å². The molecule has 156 valence electrons. The summed E-state index contributed by atoms with van der Waals surface area (Å²) in [6.45, 7) is -0.590. The summed E-state index contributed by atoms with van der Waals surface area (Å²) in [6, 6.07) is 22.2. The second kappa shape index (κ2) is 9.45. The Labute approximate surface area is 172 Å². The smallest absolute Gasteiger partial charge is 0.416 e. The number of nitrogens with zero attached hydrogens (tertiary/aromatic N) is 1. The molecule has 3 rings (SSSR count). The second-order valence-electron chi connectivity index (χ2n) is 6.71. The van der Waals surface area contributed by atoms with Gasteiger partial charge in [-0.05, 0) is 35.9 Å². The fourth-order valence-electron chi connectivity index (χ4n) is 2.93. The van der Waals surface area contributed by atoms with Gasteiger partial charge in [0.1, 0.15) is 17.8 Å². The third-order valence-corrected chi connectivity index (χ3v) is 4.39. The van der Waals surface area contributed by atoms with Crippen molar-refractivity contribution in [3.8, 4) is 11.5 Å². The summed E-state index contributed by atoms with van der Waals surface area (Å²) in [5.41, 5.74) is 1.51. The van der Waals surface area contributed by atoms with Gasteiger partial charge in [-0.15, -0.1) is 0 Å². The summed E-state index contributed by atoms with van der Waals surface area (Å²) in [5.74, 6) is 1.04. The monoisotopic (exact) mass is 415 g/mol. The van der Waals surface area contributed by atoms with E-state index in [0.717, 1.165) is 0 Å². The number of hydrogen-bond acceptors (Lipinski definition) is 4. The summed E-state index contributed by atoms with van der Waals surface area (Å²) < 4.78 is 44.8. The maximum absolute atomic E-state index is 13.0. The molecule has 0 amide bonds. The topological polar surface area (TPSA) is 49.8 Å². The fraction of sp³-hybridized carbons (Fsp3) is 0.174. The minimum Gasteiger partial charge on any atom is -0.457 e. The number of alkyl halides is 3. The normalized spacial score (nSPS) is 12.3. The minimum absolute atomic E-state index is 0.0730. The molecule has 0 aromatic heterocycles. The SMILES string of the molecule is O=Cc1cccc(CN(CC(O)C(F)(F)F)c2cccc(Oc3ccccc3)c2)c1. The summed E-state index contributed by atoms with van der Waals surface area (Å²) in [6.07, 6.45) is -6.60. The molecule has 0 heterocycles. The number of aldehydes is 1. The number of anilines is 1. The van der Waals surface area contributed by atoms with Gasteiger partial charge in [0.25, 0.3) is 0 Å². The lowest BCUT2D eigenvalue weighted by molar-refractivity contribution is -0.200. The molecule has 0 saturated carbocycles. The fourth-order valence-corrected chi connectivity index (χ4v) is 2.93. The molecule has 0 spiro atoms. The third-order valence-electron chi connectivity index (χ3n) is 4.39. The van der Waals surface area contributed by atoms with Crippen molar-refractivity contribution in [1.29, 1.82) is 0 Å². The van der Waals surface area contributed by atoms with Gasteiger partial charge in [-0.3, -0.25) is 4.79 Å². The molecule has 7 heteroatoms. The van der Waals surface area contributed by atoms with Crippen LogP contribution in [-0.2, 0) is 6.54 Å². The number of benzene rings is 3. The summed E-state index contributed by atoms with van der Waals surface area (Å²) >= 11 is 0. The van der Waals surface area contributed by atoms with Gasteiger partial charge < -0.3 is 14.7 Å². The van der Waals surface area contributed by atoms with Crippen LogP contribution >= 0.6 is 0 Å². The van der Waals surface area contributed by atoms with Crippen LogP contribution in [0.3, 0.4) is 0 Å². The number of rotatable bonds is 8. The Balaban J connectivity index is 1.88. The number of aliphatic hydroxyl groups is 1. The first kappa shape index (κ1) is 21.4. The lowest BCUT2D eigenvalue weighted by Gasteiger charge is -2.28. The molecular formula is C23H20F3NO3. The number of aliphatic hydroxyl groups excluding tert-OH is 1. The average Bonchev–Trinajstić information content (AvgIpc) is 2.73. The molecule has 0 aliphatic heterocycles. The van der Waals surface area contributed by atoms with Gasteiger partial charge >= 0.3 is 6.18 Å². The van der Waals surface area contributed by atoms with Crippen LogP contribution in [0.15, 0.2) is 78.9 Å². The van der Waals surface area contributed by atoms with Gasteiger partial charge in [0.2, 0.25) is 0 Å². The molecule has 4 nitrogen and oxygen atoms in total. The van der Waals surface area contributed by atoms with Gasteiger partial charge in [-0.1, -0.05) is 42.5 Å². The summed E-state index contributed by atoms with van der Waals surface area (Å²) in [7, 11) is 0. The van der Waals surface area contributed by atoms with E-state index < -0.39 is 18.8 Å². The number of hydrogen-bond donors (Lipinski definition) is 1. The molecule has 0 bridgehead atoms. The van der Waals surface area contributed by atoms with Crippen molar-refractivity contribution >= 4 is 12.0 Å². The van der Waals surface area contributed by atoms with Crippen molar-refractivity contribution in [1.82, 2.24) is 0 Å². The molecule has 1 atom stereocenters. The Morgan fingerprint density at radius 1 is 0.933 bits per heavy atom. The van der Waals surface area contributed by atoms with E-state index in [9.17, 15) is 23.1 Å². The average molecular weight is 415 g/mol. The number of carbonyl (C=O) groups excluding carboxylic acids is 1. The predicted octanol–water partition coefficient (Wildman–Crippen LogP) is 5.22. The quantitative estimate of drug-likeness (QED) is 0.513. The molecule has 0 radical (unpaired) electrons. The Morgan fingerprint density at radius 3 is 2.33 bits per heavy atom. The first-order valence-electron chi connectivity index (χ1n) is 9.22. The third kappa shape index (κ3) is 5.84. The molecule has 0 saturated heterocycles. The lowest BCUT2D eigenvalue weighted by Crippen LogP contribution is -2.40. The molecule has 1 unspecified atom stereocenters. The van der Waals surface area contributed by atoms with Crippen LogP contribution < -0.4 is 9.64 Å². The van der Waals surface area contributed by atoms with Crippen molar-refractivity contribution in [3.05, 3.63) is 90.0 Å². The van der Waals surface area contributed by atoms with Gasteiger partial charge in [0.15, 0.2) is 6.10 Å². The zero-order chi connectivity index (χ0) is 21.6. The molecule has 1 N–H and O–H groups in total. The van der Waals surface area contributed by atoms with Crippen molar-refractivity contribution < 1.29 is 27.8 Å². The Morgan fingerprint density at radius 2 is 1.63 bits per heavy atom. The van der Waals surface area contributed by atoms with Crippen LogP contribution in [0.5, 0.6) is 11.5 Å². The van der Waals surface area contributed by atoms with Crippen LogP contribution in [-0.4, -0.2) is 30.2 Å². The highest BCUT2D eigenvalue weighted by Crippen LogP contribution is 2.29. The van der Waals surface area contributed by atoms with E-state index in [4.69, 9.17) is 4.74 Å². The van der Waals surface area contributed by atoms with Crippen molar-refractivity contribution in [2.24, 2.45) is 0 Å². The highest BCUT2D eigenvalue weighted by molar-refractivity contribution is 5.75. The Bertz CT molecular complexity index is 977. The Hall–Kier alpha value is -3.32. The van der Waals surface area contributed by atoms with Gasteiger partial charge in [-0.2, -0.15) is 13.2 Å². The minimum atomic E-state index is -4.75. The van der Waals surface area contributed by atoms with Crippen LogP contribution in [0.4, 0.5) is 18.9 Å². The lowest BCUT2D eigenvalue weighted by atomic mass is 10.1. The molecular weight excluding hydrogens is 395 g/mol. The molecule has 3 aromatic rings. The number of carbonyl (C=O) groups is 1. The highest BCUT2D eigenvalue weighted by atomic mass is 19.4. The second-order valence-corrected chi connectivity index (χ2v) is 6.71. The maximum Gasteiger partial charge on any atom is 0.416 e. The van der Waals surface area contributed by atoms with E-state index in [1.807, 2.05) is 18.2 Å². The number of ether oxygens (including phenoxy) is 1. The molecule has 0 aliphatic carbocycles. The van der Waals surface area contributed by atoms with Crippen LogP contribution in [0, 0.1) is 0 Å². The van der Waals surface area contributed by atoms with E-state index in [0.29, 0.717) is 34.6 Å². The van der Waals surface area contributed by atoms with E-state index in [2.05, 4.69) is 0 Å². The first-order valence-corrected chi connectivity index (χ1v) is 9.22. The Kier molecular flexibility index (Phi) is 6.74. The number of halogens is 3. The zero-order valence-electron chi connectivity index (χ0n) is 15.9. The molecule has 0 fully saturated rings. The highest BCUT2D eigenvalue weighted by Gasteiger charge is 2.39. The van der Waals surface area contributed by atoms with E-state index in [-0.39, 0.29) is 6.54 Å². The molecule has 3 aromatic carbocycles. The van der Waals surface area contributed by atoms with E-state index >= 15 is 0 Å². The van der Waals surface area contributed by atoms with Crippen molar-refractivity contribution in [2.75, 3.05) is 11.4 Å². The first-order chi connectivity index (χ1) is 14.3. The molecule has 30 heavy (non-hydrogen) atoms. The van der Waals surface area contributed by atoms with Crippen LogP contribution in [0.2, 0.25) is 0 Å². The maximum atomic E-state index is 13.0. The zero-order valence-corrected chi connectivity index (χ0v) is 15.9. The summed E-state index contributed by atoms with van der Waals surface area (Å²) in [5, 5.41) is 9.65.